The van der Waals surface area contributed by atoms with Gasteiger partial charge in [0, 0.05) is 27.7 Å². The van der Waals surface area contributed by atoms with Crippen molar-refractivity contribution in [2.24, 2.45) is 17.8 Å². The van der Waals surface area contributed by atoms with Crippen LogP contribution in [0.15, 0.2) is 121 Å². The smallest absolute Gasteiger partial charge is 0.163 e. The second-order valence-electron chi connectivity index (χ2n) is 14.9. The van der Waals surface area contributed by atoms with Crippen LogP contribution in [0.3, 0.4) is 0 Å². The first kappa shape index (κ1) is 26.9. The minimum atomic E-state index is -0.478. The lowest BCUT2D eigenvalue weighted by Crippen LogP contribution is -2.33. The van der Waals surface area contributed by atoms with E-state index < -0.39 is 5.41 Å². The summed E-state index contributed by atoms with van der Waals surface area (Å²) >= 11 is 0. The van der Waals surface area contributed by atoms with Crippen molar-refractivity contribution in [3.05, 3.63) is 149 Å². The molecular formula is C44H35N3O. The molecule has 4 nitrogen and oxygen atoms in total. The Morgan fingerprint density at radius 3 is 1.96 bits per heavy atom. The number of ether oxygens (including phenoxy) is 1. The lowest BCUT2D eigenvalue weighted by atomic mass is 9.66. The van der Waals surface area contributed by atoms with Gasteiger partial charge in [-0.1, -0.05) is 110 Å². The van der Waals surface area contributed by atoms with E-state index in [-0.39, 0.29) is 5.41 Å². The van der Waals surface area contributed by atoms with Crippen LogP contribution in [-0.4, -0.2) is 15.0 Å². The van der Waals surface area contributed by atoms with E-state index in [0.717, 1.165) is 57.9 Å². The van der Waals surface area contributed by atoms with Gasteiger partial charge < -0.3 is 4.74 Å². The Hall–Kier alpha value is -5.09. The summed E-state index contributed by atoms with van der Waals surface area (Å²) in [5, 5.41) is 0. The lowest BCUT2D eigenvalue weighted by Gasteiger charge is -2.39. The molecule has 3 fully saturated rings. The molecule has 2 heterocycles. The van der Waals surface area contributed by atoms with Crippen LogP contribution in [0.25, 0.3) is 33.9 Å². The zero-order valence-corrected chi connectivity index (χ0v) is 26.8. The zero-order valence-electron chi connectivity index (χ0n) is 26.8. The van der Waals surface area contributed by atoms with Crippen molar-refractivity contribution in [2.45, 2.75) is 49.4 Å². The van der Waals surface area contributed by atoms with E-state index in [1.807, 2.05) is 0 Å². The van der Waals surface area contributed by atoms with Crippen molar-refractivity contribution in [1.29, 1.82) is 0 Å². The predicted molar refractivity (Wildman–Crippen MR) is 188 cm³/mol. The number of fused-ring (bicyclic) bond motifs is 11. The molecule has 48 heavy (non-hydrogen) atoms. The van der Waals surface area contributed by atoms with E-state index in [4.69, 9.17) is 19.7 Å². The van der Waals surface area contributed by atoms with Crippen LogP contribution in [0.4, 0.5) is 0 Å². The van der Waals surface area contributed by atoms with Gasteiger partial charge in [0.1, 0.15) is 17.3 Å². The molecule has 232 valence electrons. The standard InChI is InChI=1S/C44H35N3O/c1-2-10-28(11-3-1)40-45-41(47-42(46-40)43-24-27-18-19-30(25-43)31(22-27)26-43)29-20-21-35-33(23-29)32-12-4-5-13-34(32)44(35)36-14-6-8-16-38(36)48-39-17-9-7-15-37(39)44/h1-17,20-21,23,27,30-31H,18-19,22,24-26H2/t27-,30?,31?,43?/m1/s1. The van der Waals surface area contributed by atoms with Crippen LogP contribution in [0.5, 0.6) is 11.5 Å². The quantitative estimate of drug-likeness (QED) is 0.197. The van der Waals surface area contributed by atoms with Gasteiger partial charge in [0.05, 0.1) is 5.41 Å². The summed E-state index contributed by atoms with van der Waals surface area (Å²) in [6.45, 7) is 0. The van der Waals surface area contributed by atoms with Crippen LogP contribution in [0, 0.1) is 17.8 Å². The minimum absolute atomic E-state index is 0.0683. The third kappa shape index (κ3) is 3.58. The number of nitrogens with zero attached hydrogens (tertiary/aromatic N) is 3. The monoisotopic (exact) mass is 621 g/mol. The van der Waals surface area contributed by atoms with Gasteiger partial charge in [-0.2, -0.15) is 0 Å². The number of hydrogen-bond acceptors (Lipinski definition) is 4. The molecule has 1 spiro atoms. The molecule has 3 bridgehead atoms. The molecule has 11 rings (SSSR count). The van der Waals surface area contributed by atoms with Gasteiger partial charge >= 0.3 is 0 Å². The van der Waals surface area contributed by atoms with Gasteiger partial charge in [0.2, 0.25) is 0 Å². The molecule has 5 aliphatic rings. The summed E-state index contributed by atoms with van der Waals surface area (Å²) in [4.78, 5) is 16.0. The van der Waals surface area contributed by atoms with E-state index in [1.54, 1.807) is 0 Å². The fourth-order valence-corrected chi connectivity index (χ4v) is 10.7. The first-order valence-electron chi connectivity index (χ1n) is 17.6. The molecule has 3 unspecified atom stereocenters. The van der Waals surface area contributed by atoms with Crippen molar-refractivity contribution < 1.29 is 4.74 Å². The fourth-order valence-electron chi connectivity index (χ4n) is 10.7. The van der Waals surface area contributed by atoms with Crippen LogP contribution in [-0.2, 0) is 10.8 Å². The maximum Gasteiger partial charge on any atom is 0.163 e. The summed E-state index contributed by atoms with van der Waals surface area (Å²) < 4.78 is 6.53. The second kappa shape index (κ2) is 9.73. The molecular weight excluding hydrogens is 587 g/mol. The third-order valence-corrected chi connectivity index (χ3v) is 12.5. The van der Waals surface area contributed by atoms with Crippen molar-refractivity contribution >= 4 is 0 Å². The Bertz CT molecular complexity index is 2230. The molecule has 1 aromatic heterocycles. The maximum absolute atomic E-state index is 6.53. The van der Waals surface area contributed by atoms with E-state index in [2.05, 4.69) is 121 Å². The number of benzene rings is 5. The Kier molecular flexibility index (Phi) is 5.46. The van der Waals surface area contributed by atoms with Crippen molar-refractivity contribution in [3.8, 4) is 45.4 Å². The molecule has 6 aromatic rings. The molecule has 3 saturated carbocycles. The van der Waals surface area contributed by atoms with Crippen LogP contribution >= 0.6 is 0 Å². The van der Waals surface area contributed by atoms with Crippen molar-refractivity contribution in [1.82, 2.24) is 15.0 Å². The van der Waals surface area contributed by atoms with Crippen molar-refractivity contribution in [3.63, 3.8) is 0 Å². The highest BCUT2D eigenvalue weighted by molar-refractivity contribution is 5.90. The summed E-state index contributed by atoms with van der Waals surface area (Å²) in [6.07, 6.45) is 7.83. The van der Waals surface area contributed by atoms with Crippen LogP contribution in [0.2, 0.25) is 0 Å². The summed E-state index contributed by atoms with van der Waals surface area (Å²) in [5.74, 6) is 6.87. The molecule has 5 aromatic carbocycles. The summed E-state index contributed by atoms with van der Waals surface area (Å²) in [6, 6.07) is 43.4. The highest BCUT2D eigenvalue weighted by atomic mass is 16.5. The largest absolute Gasteiger partial charge is 0.457 e. The summed E-state index contributed by atoms with van der Waals surface area (Å²) in [7, 11) is 0. The highest BCUT2D eigenvalue weighted by Crippen LogP contribution is 2.63. The van der Waals surface area contributed by atoms with E-state index in [9.17, 15) is 0 Å². The summed E-state index contributed by atoms with van der Waals surface area (Å²) in [5.41, 5.74) is 9.08. The lowest BCUT2D eigenvalue weighted by molar-refractivity contribution is 0.160. The average molecular weight is 622 g/mol. The Balaban J connectivity index is 1.13. The first-order valence-corrected chi connectivity index (χ1v) is 17.6. The number of aromatic nitrogens is 3. The Morgan fingerprint density at radius 1 is 0.521 bits per heavy atom. The van der Waals surface area contributed by atoms with Crippen LogP contribution < -0.4 is 4.74 Å². The number of para-hydroxylation sites is 2. The molecule has 0 radical (unpaired) electrons. The predicted octanol–water partition coefficient (Wildman–Crippen LogP) is 10.1. The number of hydrogen-bond donors (Lipinski definition) is 0. The topological polar surface area (TPSA) is 47.9 Å². The maximum atomic E-state index is 6.53. The van der Waals surface area contributed by atoms with Crippen LogP contribution in [0.1, 0.15) is 66.6 Å². The van der Waals surface area contributed by atoms with Gasteiger partial charge in [-0.3, -0.25) is 0 Å². The molecule has 4 aliphatic carbocycles. The van der Waals surface area contributed by atoms with Gasteiger partial charge in [0.15, 0.2) is 11.6 Å². The second-order valence-corrected chi connectivity index (χ2v) is 14.9. The fraction of sp³-hybridized carbons (Fsp3) is 0.250. The van der Waals surface area contributed by atoms with Crippen molar-refractivity contribution in [2.75, 3.05) is 0 Å². The molecule has 0 N–H and O–H groups in total. The van der Waals surface area contributed by atoms with Gasteiger partial charge in [-0.05, 0) is 90.3 Å². The minimum Gasteiger partial charge on any atom is -0.457 e. The van der Waals surface area contributed by atoms with E-state index in [1.165, 1.54) is 71.9 Å². The normalized spacial score (nSPS) is 24.8. The van der Waals surface area contributed by atoms with E-state index in [0.29, 0.717) is 0 Å². The first-order chi connectivity index (χ1) is 23.7. The highest BCUT2D eigenvalue weighted by Gasteiger charge is 2.55. The molecule has 0 amide bonds. The third-order valence-electron chi connectivity index (χ3n) is 12.5. The van der Waals surface area contributed by atoms with E-state index >= 15 is 0 Å². The van der Waals surface area contributed by atoms with Gasteiger partial charge in [-0.25, -0.2) is 15.0 Å². The Morgan fingerprint density at radius 2 is 1.17 bits per heavy atom. The molecule has 1 aliphatic heterocycles. The number of rotatable bonds is 3. The Labute approximate surface area is 280 Å². The van der Waals surface area contributed by atoms with Gasteiger partial charge in [-0.15, -0.1) is 0 Å². The SMILES string of the molecule is c1ccc(-c2nc(-c3ccc4c(c3)-c3ccccc3C43c4ccccc4Oc4ccccc43)nc(C34CC5CC[C@H](CC5C3)C4)n2)cc1. The van der Waals surface area contributed by atoms with Gasteiger partial charge in [0.25, 0.3) is 0 Å². The average Bonchev–Trinajstić information content (AvgIpc) is 3.52. The molecule has 4 atom stereocenters. The zero-order chi connectivity index (χ0) is 31.5. The molecule has 4 heteroatoms. The molecule has 0 saturated heterocycles.